The van der Waals surface area contributed by atoms with Crippen LogP contribution in [0.5, 0.6) is 0 Å². The number of likely N-dealkylation sites (tertiary alicyclic amines) is 1. The summed E-state index contributed by atoms with van der Waals surface area (Å²) in [5.74, 6) is 0. The van der Waals surface area contributed by atoms with Crippen LogP contribution in [-0.4, -0.2) is 24.0 Å². The molecule has 1 atom stereocenters. The number of nitrogens with one attached hydrogen (secondary N) is 1. The summed E-state index contributed by atoms with van der Waals surface area (Å²) in [6.45, 7) is 8.90. The van der Waals surface area contributed by atoms with Crippen molar-refractivity contribution in [3.63, 3.8) is 0 Å². The van der Waals surface area contributed by atoms with Crippen molar-refractivity contribution in [2.45, 2.75) is 52.2 Å². The first kappa shape index (κ1) is 13.6. The van der Waals surface area contributed by atoms with Gasteiger partial charge in [-0.25, -0.2) is 0 Å². The van der Waals surface area contributed by atoms with Gasteiger partial charge in [0.2, 0.25) is 0 Å². The van der Waals surface area contributed by atoms with E-state index in [-0.39, 0.29) is 0 Å². The molecule has 1 unspecified atom stereocenters. The highest BCUT2D eigenvalue weighted by Gasteiger charge is 2.17. The second-order valence-electron chi connectivity index (χ2n) is 5.41. The van der Waals surface area contributed by atoms with Gasteiger partial charge in [0.25, 0.3) is 0 Å². The zero-order valence-electron chi connectivity index (χ0n) is 11.8. The lowest BCUT2D eigenvalue weighted by molar-refractivity contribution is 0.152. The van der Waals surface area contributed by atoms with Crippen molar-refractivity contribution >= 4 is 0 Å². The SMILES string of the molecule is CCNCc1ccc(CN2CCCCC2C)cc1. The molecular formula is C16H26N2. The van der Waals surface area contributed by atoms with Gasteiger partial charge in [-0.05, 0) is 44.0 Å². The lowest BCUT2D eigenvalue weighted by Crippen LogP contribution is -2.36. The molecule has 1 heterocycles. The summed E-state index contributed by atoms with van der Waals surface area (Å²) in [4.78, 5) is 2.61. The summed E-state index contributed by atoms with van der Waals surface area (Å²) in [5, 5.41) is 3.36. The predicted molar refractivity (Wildman–Crippen MR) is 77.5 cm³/mol. The van der Waals surface area contributed by atoms with Crippen molar-refractivity contribution in [3.8, 4) is 0 Å². The fourth-order valence-electron chi connectivity index (χ4n) is 2.66. The number of piperidine rings is 1. The molecule has 0 aliphatic carbocycles. The number of hydrogen-bond acceptors (Lipinski definition) is 2. The van der Waals surface area contributed by atoms with E-state index in [1.807, 2.05) is 0 Å². The van der Waals surface area contributed by atoms with Crippen LogP contribution in [0.1, 0.15) is 44.2 Å². The molecule has 18 heavy (non-hydrogen) atoms. The molecule has 2 nitrogen and oxygen atoms in total. The molecule has 1 aromatic rings. The maximum Gasteiger partial charge on any atom is 0.0236 e. The summed E-state index contributed by atoms with van der Waals surface area (Å²) in [6, 6.07) is 9.83. The number of nitrogens with zero attached hydrogens (tertiary/aromatic N) is 1. The lowest BCUT2D eigenvalue weighted by atomic mass is 10.0. The average molecular weight is 246 g/mol. The smallest absolute Gasteiger partial charge is 0.0236 e. The van der Waals surface area contributed by atoms with Crippen LogP contribution in [0.3, 0.4) is 0 Å². The number of hydrogen-bond donors (Lipinski definition) is 1. The van der Waals surface area contributed by atoms with Crippen molar-refractivity contribution in [1.29, 1.82) is 0 Å². The topological polar surface area (TPSA) is 15.3 Å². The van der Waals surface area contributed by atoms with E-state index in [1.165, 1.54) is 36.9 Å². The molecule has 0 aromatic heterocycles. The minimum atomic E-state index is 0.750. The Kier molecular flexibility index (Phi) is 5.21. The Morgan fingerprint density at radius 3 is 2.56 bits per heavy atom. The Bertz CT molecular complexity index is 345. The first-order valence-electron chi connectivity index (χ1n) is 7.32. The largest absolute Gasteiger partial charge is 0.313 e. The second kappa shape index (κ2) is 6.91. The maximum atomic E-state index is 3.36. The Morgan fingerprint density at radius 2 is 1.89 bits per heavy atom. The van der Waals surface area contributed by atoms with Gasteiger partial charge in [0.05, 0.1) is 0 Å². The minimum absolute atomic E-state index is 0.750. The van der Waals surface area contributed by atoms with Crippen molar-refractivity contribution < 1.29 is 0 Å². The Labute approximate surface area is 111 Å². The fraction of sp³-hybridized carbons (Fsp3) is 0.625. The molecule has 1 aliphatic rings. The molecule has 0 bridgehead atoms. The van der Waals surface area contributed by atoms with Gasteiger partial charge in [0.1, 0.15) is 0 Å². The molecular weight excluding hydrogens is 220 g/mol. The summed E-state index contributed by atoms with van der Waals surface area (Å²) >= 11 is 0. The van der Waals surface area contributed by atoms with E-state index in [2.05, 4.69) is 48.3 Å². The third-order valence-electron chi connectivity index (χ3n) is 3.93. The zero-order chi connectivity index (χ0) is 12.8. The zero-order valence-corrected chi connectivity index (χ0v) is 11.8. The summed E-state index contributed by atoms with van der Waals surface area (Å²) < 4.78 is 0. The first-order chi connectivity index (χ1) is 8.79. The van der Waals surface area contributed by atoms with Crippen LogP contribution in [0.15, 0.2) is 24.3 Å². The van der Waals surface area contributed by atoms with Crippen LogP contribution in [0.2, 0.25) is 0 Å². The third-order valence-corrected chi connectivity index (χ3v) is 3.93. The number of benzene rings is 1. The van der Waals surface area contributed by atoms with Crippen LogP contribution in [0.25, 0.3) is 0 Å². The second-order valence-corrected chi connectivity index (χ2v) is 5.41. The summed E-state index contributed by atoms with van der Waals surface area (Å²) in [7, 11) is 0. The van der Waals surface area contributed by atoms with Crippen LogP contribution >= 0.6 is 0 Å². The van der Waals surface area contributed by atoms with Gasteiger partial charge < -0.3 is 5.32 Å². The first-order valence-corrected chi connectivity index (χ1v) is 7.32. The Balaban J connectivity index is 1.89. The quantitative estimate of drug-likeness (QED) is 0.858. The van der Waals surface area contributed by atoms with Gasteiger partial charge in [0, 0.05) is 19.1 Å². The molecule has 0 saturated carbocycles. The van der Waals surface area contributed by atoms with E-state index >= 15 is 0 Å². The minimum Gasteiger partial charge on any atom is -0.313 e. The highest BCUT2D eigenvalue weighted by Crippen LogP contribution is 2.19. The monoisotopic (exact) mass is 246 g/mol. The van der Waals surface area contributed by atoms with Gasteiger partial charge in [-0.2, -0.15) is 0 Å². The molecule has 0 spiro atoms. The van der Waals surface area contributed by atoms with Crippen LogP contribution in [-0.2, 0) is 13.1 Å². The third kappa shape index (κ3) is 3.82. The Hall–Kier alpha value is -0.860. The molecule has 100 valence electrons. The molecule has 1 aliphatic heterocycles. The predicted octanol–water partition coefficient (Wildman–Crippen LogP) is 3.17. The van der Waals surface area contributed by atoms with Crippen molar-refractivity contribution in [3.05, 3.63) is 35.4 Å². The van der Waals surface area contributed by atoms with E-state index in [0.717, 1.165) is 25.7 Å². The van der Waals surface area contributed by atoms with Gasteiger partial charge in [-0.15, -0.1) is 0 Å². The van der Waals surface area contributed by atoms with E-state index in [4.69, 9.17) is 0 Å². The van der Waals surface area contributed by atoms with Gasteiger partial charge in [0.15, 0.2) is 0 Å². The van der Waals surface area contributed by atoms with Gasteiger partial charge >= 0.3 is 0 Å². The number of rotatable bonds is 5. The van der Waals surface area contributed by atoms with E-state index < -0.39 is 0 Å². The summed E-state index contributed by atoms with van der Waals surface area (Å²) in [5.41, 5.74) is 2.83. The van der Waals surface area contributed by atoms with Gasteiger partial charge in [-0.3, -0.25) is 4.90 Å². The van der Waals surface area contributed by atoms with Crippen molar-refractivity contribution in [2.75, 3.05) is 13.1 Å². The van der Waals surface area contributed by atoms with Crippen LogP contribution in [0, 0.1) is 0 Å². The lowest BCUT2D eigenvalue weighted by Gasteiger charge is -2.33. The Morgan fingerprint density at radius 1 is 1.17 bits per heavy atom. The average Bonchev–Trinajstić information content (AvgIpc) is 2.41. The van der Waals surface area contributed by atoms with Crippen molar-refractivity contribution in [1.82, 2.24) is 10.2 Å². The summed E-state index contributed by atoms with van der Waals surface area (Å²) in [6.07, 6.45) is 4.13. The van der Waals surface area contributed by atoms with Gasteiger partial charge in [-0.1, -0.05) is 37.6 Å². The standard InChI is InChI=1S/C16H26N2/c1-3-17-12-15-7-9-16(10-8-15)13-18-11-5-4-6-14(18)2/h7-10,14,17H,3-6,11-13H2,1-2H3. The van der Waals surface area contributed by atoms with Crippen LogP contribution in [0.4, 0.5) is 0 Å². The molecule has 1 N–H and O–H groups in total. The molecule has 2 heteroatoms. The van der Waals surface area contributed by atoms with E-state index in [0.29, 0.717) is 0 Å². The van der Waals surface area contributed by atoms with E-state index in [1.54, 1.807) is 0 Å². The van der Waals surface area contributed by atoms with E-state index in [9.17, 15) is 0 Å². The normalized spacial score (nSPS) is 21.1. The fourth-order valence-corrected chi connectivity index (χ4v) is 2.66. The molecule has 2 rings (SSSR count). The molecule has 1 saturated heterocycles. The molecule has 1 aromatic carbocycles. The highest BCUT2D eigenvalue weighted by atomic mass is 15.2. The molecule has 1 fully saturated rings. The van der Waals surface area contributed by atoms with Crippen LogP contribution < -0.4 is 5.32 Å². The maximum absolute atomic E-state index is 3.36. The highest BCUT2D eigenvalue weighted by molar-refractivity contribution is 5.22. The van der Waals surface area contributed by atoms with Crippen molar-refractivity contribution in [2.24, 2.45) is 0 Å². The molecule has 0 amide bonds. The molecule has 0 radical (unpaired) electrons.